The zero-order valence-electron chi connectivity index (χ0n) is 17.7. The van der Waals surface area contributed by atoms with E-state index in [0.29, 0.717) is 22.4 Å². The fourth-order valence-corrected chi connectivity index (χ4v) is 4.10. The number of halogens is 1. The Morgan fingerprint density at radius 1 is 1.12 bits per heavy atom. The van der Waals surface area contributed by atoms with Crippen molar-refractivity contribution in [2.75, 3.05) is 11.9 Å². The minimum absolute atomic E-state index is 0. The highest BCUT2D eigenvalue weighted by Crippen LogP contribution is 2.37. The second-order valence-corrected chi connectivity index (χ2v) is 8.53. The lowest BCUT2D eigenvalue weighted by Crippen LogP contribution is -2.04. The standard InChI is InChI=1S/C21H20N6O3S2.ClH/c1-12-5-3-8-23-20(12)31-14-9-17(30-16-6-4-7-22-13(16)2)19(24-10-14)26-21-25-18(27-32-21)15(29)11-28;/h3-10,15,28-29H,11H2,1-2H3,(H,24,25,26,27);1H/t15-;/m1./s1. The van der Waals surface area contributed by atoms with Crippen LogP contribution in [0.4, 0.5) is 10.9 Å². The molecular formula is C21H21ClN6O3S2. The number of nitrogens with zero attached hydrogens (tertiary/aromatic N) is 5. The number of nitrogens with one attached hydrogen (secondary N) is 1. The minimum atomic E-state index is -1.14. The number of aliphatic hydroxyl groups excluding tert-OH is 2. The fraction of sp³-hybridized carbons (Fsp3) is 0.190. The second kappa shape index (κ2) is 11.3. The Bertz CT molecular complexity index is 1230. The first kappa shape index (κ1) is 24.8. The van der Waals surface area contributed by atoms with Crippen molar-refractivity contribution in [3.8, 4) is 11.5 Å². The van der Waals surface area contributed by atoms with Gasteiger partial charge in [-0.25, -0.2) is 15.0 Å². The molecule has 1 atom stereocenters. The predicted octanol–water partition coefficient (Wildman–Crippen LogP) is 4.47. The van der Waals surface area contributed by atoms with Gasteiger partial charge in [0.15, 0.2) is 17.4 Å². The zero-order valence-corrected chi connectivity index (χ0v) is 20.1. The Balaban J connectivity index is 0.00000306. The molecule has 0 aliphatic rings. The molecule has 9 nitrogen and oxygen atoms in total. The molecule has 0 unspecified atom stereocenters. The van der Waals surface area contributed by atoms with E-state index in [1.54, 1.807) is 24.7 Å². The van der Waals surface area contributed by atoms with Gasteiger partial charge in [-0.2, -0.15) is 4.37 Å². The lowest BCUT2D eigenvalue weighted by molar-refractivity contribution is 0.0897. The van der Waals surface area contributed by atoms with E-state index in [1.165, 1.54) is 11.8 Å². The van der Waals surface area contributed by atoms with E-state index in [2.05, 4.69) is 29.6 Å². The zero-order chi connectivity index (χ0) is 22.5. The van der Waals surface area contributed by atoms with Gasteiger partial charge in [-0.05, 0) is 37.6 Å². The van der Waals surface area contributed by atoms with Crippen LogP contribution in [0.15, 0.2) is 58.8 Å². The summed E-state index contributed by atoms with van der Waals surface area (Å²) in [5.74, 6) is 1.64. The summed E-state index contributed by atoms with van der Waals surface area (Å²) in [7, 11) is 0. The van der Waals surface area contributed by atoms with Crippen molar-refractivity contribution < 1.29 is 14.9 Å². The highest BCUT2D eigenvalue weighted by atomic mass is 35.5. The number of hydrogen-bond donors (Lipinski definition) is 3. The van der Waals surface area contributed by atoms with Crippen LogP contribution in [-0.4, -0.2) is 41.1 Å². The number of aliphatic hydroxyl groups is 2. The molecule has 4 aromatic rings. The Morgan fingerprint density at radius 2 is 1.91 bits per heavy atom. The van der Waals surface area contributed by atoms with Crippen LogP contribution in [0.2, 0.25) is 0 Å². The van der Waals surface area contributed by atoms with Gasteiger partial charge in [0.05, 0.1) is 12.3 Å². The second-order valence-electron chi connectivity index (χ2n) is 6.72. The maximum absolute atomic E-state index is 9.74. The van der Waals surface area contributed by atoms with Gasteiger partial charge in [0.2, 0.25) is 5.13 Å². The third-order valence-corrected chi connectivity index (χ3v) is 6.04. The van der Waals surface area contributed by atoms with Gasteiger partial charge in [0.1, 0.15) is 16.9 Å². The first-order valence-electron chi connectivity index (χ1n) is 9.62. The maximum Gasteiger partial charge on any atom is 0.208 e. The van der Waals surface area contributed by atoms with Crippen LogP contribution in [0, 0.1) is 13.8 Å². The maximum atomic E-state index is 9.74. The van der Waals surface area contributed by atoms with E-state index >= 15 is 0 Å². The van der Waals surface area contributed by atoms with Crippen molar-refractivity contribution in [3.63, 3.8) is 0 Å². The van der Waals surface area contributed by atoms with E-state index in [-0.39, 0.29) is 18.2 Å². The molecule has 0 radical (unpaired) electrons. The molecule has 0 aliphatic carbocycles. The minimum Gasteiger partial charge on any atom is -0.452 e. The molecule has 0 aromatic carbocycles. The van der Waals surface area contributed by atoms with Gasteiger partial charge in [0.25, 0.3) is 0 Å². The summed E-state index contributed by atoms with van der Waals surface area (Å²) < 4.78 is 10.2. The van der Waals surface area contributed by atoms with Gasteiger partial charge >= 0.3 is 0 Å². The topological polar surface area (TPSA) is 126 Å². The third kappa shape index (κ3) is 6.15. The number of pyridine rings is 3. The molecule has 0 saturated heterocycles. The number of hydrogen-bond acceptors (Lipinski definition) is 11. The lowest BCUT2D eigenvalue weighted by Gasteiger charge is -2.13. The van der Waals surface area contributed by atoms with Crippen molar-refractivity contribution in [1.82, 2.24) is 24.3 Å². The number of aromatic nitrogens is 5. The molecule has 0 spiro atoms. The number of anilines is 2. The molecule has 0 bridgehead atoms. The molecule has 0 amide bonds. The highest BCUT2D eigenvalue weighted by molar-refractivity contribution is 7.99. The largest absolute Gasteiger partial charge is 0.452 e. The molecule has 12 heteroatoms. The summed E-state index contributed by atoms with van der Waals surface area (Å²) >= 11 is 2.53. The van der Waals surface area contributed by atoms with Crippen LogP contribution >= 0.6 is 35.7 Å². The van der Waals surface area contributed by atoms with E-state index in [4.69, 9.17) is 9.84 Å². The molecule has 3 N–H and O–H groups in total. The quantitative estimate of drug-likeness (QED) is 0.316. The summed E-state index contributed by atoms with van der Waals surface area (Å²) in [5.41, 5.74) is 1.80. The lowest BCUT2D eigenvalue weighted by atomic mass is 10.3. The van der Waals surface area contributed by atoms with E-state index in [1.807, 2.05) is 38.1 Å². The molecule has 0 fully saturated rings. The smallest absolute Gasteiger partial charge is 0.208 e. The first-order valence-corrected chi connectivity index (χ1v) is 11.2. The molecule has 4 rings (SSSR count). The molecule has 0 aliphatic heterocycles. The first-order chi connectivity index (χ1) is 15.5. The SMILES string of the molecule is Cc1cccnc1Sc1cnc(Nc2nc([C@H](O)CO)ns2)c(Oc2cccnc2C)c1.Cl. The summed E-state index contributed by atoms with van der Waals surface area (Å²) in [6, 6.07) is 9.39. The molecule has 0 saturated carbocycles. The fourth-order valence-electron chi connectivity index (χ4n) is 2.64. The summed E-state index contributed by atoms with van der Waals surface area (Å²) in [5, 5.41) is 23.2. The van der Waals surface area contributed by atoms with Crippen LogP contribution in [0.3, 0.4) is 0 Å². The monoisotopic (exact) mass is 504 g/mol. The summed E-state index contributed by atoms with van der Waals surface area (Å²) in [6.07, 6.45) is 4.03. The van der Waals surface area contributed by atoms with Crippen molar-refractivity contribution >= 4 is 46.7 Å². The average Bonchev–Trinajstić information content (AvgIpc) is 3.26. The van der Waals surface area contributed by atoms with Gasteiger partial charge in [0, 0.05) is 41.1 Å². The van der Waals surface area contributed by atoms with Gasteiger partial charge in [-0.3, -0.25) is 4.98 Å². The number of ether oxygens (including phenoxy) is 1. The van der Waals surface area contributed by atoms with Crippen LogP contribution in [0.25, 0.3) is 0 Å². The van der Waals surface area contributed by atoms with Crippen molar-refractivity contribution in [1.29, 1.82) is 0 Å². The molecule has 172 valence electrons. The molecule has 33 heavy (non-hydrogen) atoms. The van der Waals surface area contributed by atoms with Crippen LogP contribution < -0.4 is 10.1 Å². The van der Waals surface area contributed by atoms with Gasteiger partial charge in [-0.15, -0.1) is 12.4 Å². The van der Waals surface area contributed by atoms with Gasteiger partial charge in [-0.1, -0.05) is 17.8 Å². The Labute approximate surface area is 204 Å². The van der Waals surface area contributed by atoms with Crippen molar-refractivity contribution in [2.45, 2.75) is 29.9 Å². The van der Waals surface area contributed by atoms with Crippen molar-refractivity contribution in [3.05, 3.63) is 66.0 Å². The summed E-state index contributed by atoms with van der Waals surface area (Å²) in [6.45, 7) is 3.41. The number of aryl methyl sites for hydroxylation is 2. The Hall–Kier alpha value is -2.83. The molecule has 4 aromatic heterocycles. The van der Waals surface area contributed by atoms with E-state index in [0.717, 1.165) is 32.7 Å². The molecular weight excluding hydrogens is 484 g/mol. The summed E-state index contributed by atoms with van der Waals surface area (Å²) in [4.78, 5) is 18.3. The van der Waals surface area contributed by atoms with E-state index in [9.17, 15) is 5.11 Å². The van der Waals surface area contributed by atoms with Crippen LogP contribution in [0.5, 0.6) is 11.5 Å². The Morgan fingerprint density at radius 3 is 2.67 bits per heavy atom. The molecule has 4 heterocycles. The Kier molecular flexibility index (Phi) is 8.53. The number of rotatable bonds is 8. The highest BCUT2D eigenvalue weighted by Gasteiger charge is 2.16. The van der Waals surface area contributed by atoms with E-state index < -0.39 is 12.7 Å². The third-order valence-electron chi connectivity index (χ3n) is 4.32. The van der Waals surface area contributed by atoms with Gasteiger partial charge < -0.3 is 20.3 Å². The van der Waals surface area contributed by atoms with Crippen LogP contribution in [0.1, 0.15) is 23.2 Å². The van der Waals surface area contributed by atoms with Crippen molar-refractivity contribution in [2.24, 2.45) is 0 Å². The average molecular weight is 505 g/mol. The van der Waals surface area contributed by atoms with Crippen LogP contribution in [-0.2, 0) is 0 Å². The normalized spacial score (nSPS) is 11.5. The predicted molar refractivity (Wildman–Crippen MR) is 129 cm³/mol.